The molecule has 0 saturated carbocycles. The maximum atomic E-state index is 5.93. The summed E-state index contributed by atoms with van der Waals surface area (Å²) in [6.45, 7) is 2.50. The lowest BCUT2D eigenvalue weighted by Crippen LogP contribution is -2.22. The van der Waals surface area contributed by atoms with Gasteiger partial charge in [-0.2, -0.15) is 0 Å². The van der Waals surface area contributed by atoms with Gasteiger partial charge in [0.05, 0.1) is 39.9 Å². The maximum Gasteiger partial charge on any atom is 0.248 e. The minimum absolute atomic E-state index is 0.356. The van der Waals surface area contributed by atoms with Gasteiger partial charge in [-0.05, 0) is 37.1 Å². The summed E-state index contributed by atoms with van der Waals surface area (Å²) in [5, 5.41) is 18.1. The van der Waals surface area contributed by atoms with Crippen LogP contribution in [-0.4, -0.2) is 59.4 Å². The Morgan fingerprint density at radius 2 is 1.74 bits per heavy atom. The summed E-state index contributed by atoms with van der Waals surface area (Å²) in [7, 11) is 4.68. The van der Waals surface area contributed by atoms with E-state index in [2.05, 4.69) is 29.9 Å². The second-order valence-corrected chi connectivity index (χ2v) is 8.79. The molecule has 184 valence electrons. The average Bonchev–Trinajstić information content (AvgIpc) is 3.69. The van der Waals surface area contributed by atoms with E-state index in [4.69, 9.17) is 23.0 Å². The highest BCUT2D eigenvalue weighted by atomic mass is 32.2. The number of benzene rings is 1. The Balaban J connectivity index is 1.35. The van der Waals surface area contributed by atoms with Crippen LogP contribution >= 0.6 is 11.8 Å². The zero-order valence-corrected chi connectivity index (χ0v) is 20.6. The number of methoxy groups -OCH3 is 3. The first-order chi connectivity index (χ1) is 17.2. The second kappa shape index (κ2) is 10.3. The quantitative estimate of drug-likeness (QED) is 0.297. The largest absolute Gasteiger partial charge is 0.493 e. The molecule has 0 aliphatic carbocycles. The van der Waals surface area contributed by atoms with Gasteiger partial charge in [-0.25, -0.2) is 0 Å². The third kappa shape index (κ3) is 4.78. The lowest BCUT2D eigenvalue weighted by molar-refractivity contribution is 0.324. The molecule has 0 N–H and O–H groups in total. The van der Waals surface area contributed by atoms with Crippen molar-refractivity contribution in [2.24, 2.45) is 0 Å². The molecule has 0 amide bonds. The third-order valence-electron chi connectivity index (χ3n) is 5.68. The van der Waals surface area contributed by atoms with Crippen LogP contribution in [-0.2, 0) is 12.3 Å². The van der Waals surface area contributed by atoms with E-state index < -0.39 is 0 Å². The van der Waals surface area contributed by atoms with Gasteiger partial charge in [0.15, 0.2) is 16.7 Å². The van der Waals surface area contributed by atoms with Gasteiger partial charge in [0.2, 0.25) is 23.5 Å². The molecule has 1 fully saturated rings. The normalized spacial score (nSPS) is 13.4. The van der Waals surface area contributed by atoms with Crippen molar-refractivity contribution in [3.8, 4) is 28.7 Å². The van der Waals surface area contributed by atoms with Gasteiger partial charge in [0, 0.05) is 18.7 Å². The van der Waals surface area contributed by atoms with Gasteiger partial charge in [-0.1, -0.05) is 11.8 Å². The number of furan rings is 1. The van der Waals surface area contributed by atoms with Crippen molar-refractivity contribution in [1.82, 2.24) is 25.0 Å². The molecule has 12 heteroatoms. The van der Waals surface area contributed by atoms with E-state index in [0.29, 0.717) is 46.9 Å². The van der Waals surface area contributed by atoms with E-state index in [1.165, 1.54) is 11.8 Å². The number of nitrogens with zero attached hydrogens (tertiary/aromatic N) is 6. The fraction of sp³-hybridized carbons (Fsp3) is 0.391. The number of hydrogen-bond acceptors (Lipinski definition) is 11. The summed E-state index contributed by atoms with van der Waals surface area (Å²) in [6.07, 6.45) is 3.98. The molecule has 1 saturated heterocycles. The molecule has 0 unspecified atom stereocenters. The molecule has 0 spiro atoms. The maximum absolute atomic E-state index is 5.93. The first kappa shape index (κ1) is 23.1. The Labute approximate surface area is 206 Å². The molecule has 1 aliphatic rings. The summed E-state index contributed by atoms with van der Waals surface area (Å²) in [5.74, 6) is 4.48. The second-order valence-electron chi connectivity index (χ2n) is 7.85. The summed E-state index contributed by atoms with van der Waals surface area (Å²) in [4.78, 5) is 2.26. The molecule has 1 aromatic carbocycles. The van der Waals surface area contributed by atoms with Crippen molar-refractivity contribution >= 4 is 17.7 Å². The van der Waals surface area contributed by atoms with Crippen LogP contribution in [0.5, 0.6) is 17.2 Å². The number of anilines is 1. The number of thioether (sulfide) groups is 1. The van der Waals surface area contributed by atoms with Crippen LogP contribution in [0.4, 0.5) is 5.95 Å². The van der Waals surface area contributed by atoms with Crippen LogP contribution in [0.3, 0.4) is 0 Å². The number of ether oxygens (including phenoxy) is 3. The SMILES string of the molecule is COc1cc(-c2nnc(CSc3nnc(N4CCCC4)n3Cc3ccco3)o2)cc(OC)c1OC. The molecular formula is C23H26N6O5S. The van der Waals surface area contributed by atoms with E-state index in [1.807, 2.05) is 12.1 Å². The Bertz CT molecular complexity index is 1240. The molecule has 11 nitrogen and oxygen atoms in total. The fourth-order valence-corrected chi connectivity index (χ4v) is 4.76. The van der Waals surface area contributed by atoms with Crippen molar-refractivity contribution in [2.45, 2.75) is 30.3 Å². The summed E-state index contributed by atoms with van der Waals surface area (Å²) < 4.78 is 29.8. The molecule has 0 radical (unpaired) electrons. The van der Waals surface area contributed by atoms with E-state index in [-0.39, 0.29) is 0 Å². The van der Waals surface area contributed by atoms with E-state index in [0.717, 1.165) is 42.8 Å². The molecule has 3 aromatic heterocycles. The number of rotatable bonds is 10. The zero-order valence-electron chi connectivity index (χ0n) is 19.8. The Morgan fingerprint density at radius 3 is 2.40 bits per heavy atom. The molecule has 4 aromatic rings. The summed E-state index contributed by atoms with van der Waals surface area (Å²) in [5.41, 5.74) is 0.667. The fourth-order valence-electron chi connectivity index (χ4n) is 4.00. The van der Waals surface area contributed by atoms with Crippen molar-refractivity contribution in [1.29, 1.82) is 0 Å². The highest BCUT2D eigenvalue weighted by Crippen LogP contribution is 2.41. The van der Waals surface area contributed by atoms with Gasteiger partial charge in [-0.3, -0.25) is 4.57 Å². The van der Waals surface area contributed by atoms with Crippen LogP contribution < -0.4 is 19.1 Å². The van der Waals surface area contributed by atoms with Crippen LogP contribution in [0.2, 0.25) is 0 Å². The van der Waals surface area contributed by atoms with E-state index in [1.54, 1.807) is 39.7 Å². The topological polar surface area (TPSA) is 114 Å². The van der Waals surface area contributed by atoms with Crippen molar-refractivity contribution in [3.63, 3.8) is 0 Å². The number of aromatic nitrogens is 5. The number of hydrogen-bond donors (Lipinski definition) is 0. The van der Waals surface area contributed by atoms with E-state index in [9.17, 15) is 0 Å². The predicted octanol–water partition coefficient (Wildman–Crippen LogP) is 3.89. The van der Waals surface area contributed by atoms with Gasteiger partial charge >= 0.3 is 0 Å². The average molecular weight is 499 g/mol. The summed E-state index contributed by atoms with van der Waals surface area (Å²) in [6, 6.07) is 7.37. The zero-order chi connectivity index (χ0) is 24.2. The Kier molecular flexibility index (Phi) is 6.80. The van der Waals surface area contributed by atoms with E-state index >= 15 is 0 Å². The van der Waals surface area contributed by atoms with Crippen LogP contribution in [0.1, 0.15) is 24.5 Å². The highest BCUT2D eigenvalue weighted by Gasteiger charge is 2.23. The molecule has 35 heavy (non-hydrogen) atoms. The van der Waals surface area contributed by atoms with Crippen molar-refractivity contribution < 1.29 is 23.0 Å². The molecule has 1 aliphatic heterocycles. The van der Waals surface area contributed by atoms with Crippen LogP contribution in [0.15, 0.2) is 44.5 Å². The highest BCUT2D eigenvalue weighted by molar-refractivity contribution is 7.98. The Hall–Kier alpha value is -3.67. The predicted molar refractivity (Wildman–Crippen MR) is 128 cm³/mol. The van der Waals surface area contributed by atoms with Gasteiger partial charge < -0.3 is 27.9 Å². The van der Waals surface area contributed by atoms with Gasteiger partial charge in [0.1, 0.15) is 5.76 Å². The van der Waals surface area contributed by atoms with Crippen LogP contribution in [0.25, 0.3) is 11.5 Å². The smallest absolute Gasteiger partial charge is 0.248 e. The third-order valence-corrected chi connectivity index (χ3v) is 6.64. The van der Waals surface area contributed by atoms with Crippen molar-refractivity contribution in [2.75, 3.05) is 39.3 Å². The standard InChI is InChI=1S/C23H26N6O5S/c1-30-17-11-15(12-18(31-2)20(17)32-3)21-25-24-19(34-21)14-35-23-27-26-22(28-8-4-5-9-28)29(23)13-16-7-6-10-33-16/h6-7,10-12H,4-5,8-9,13-14H2,1-3H3. The van der Waals surface area contributed by atoms with Crippen molar-refractivity contribution in [3.05, 3.63) is 42.2 Å². The first-order valence-corrected chi connectivity index (χ1v) is 12.1. The first-order valence-electron chi connectivity index (χ1n) is 11.2. The molecule has 4 heterocycles. The molecule has 0 atom stereocenters. The molecular weight excluding hydrogens is 472 g/mol. The lowest BCUT2D eigenvalue weighted by atomic mass is 10.2. The molecule has 5 rings (SSSR count). The Morgan fingerprint density at radius 1 is 0.971 bits per heavy atom. The minimum atomic E-state index is 0.356. The van der Waals surface area contributed by atoms with Gasteiger partial charge in [0.25, 0.3) is 0 Å². The van der Waals surface area contributed by atoms with Crippen LogP contribution in [0, 0.1) is 0 Å². The minimum Gasteiger partial charge on any atom is -0.493 e. The monoisotopic (exact) mass is 498 g/mol. The van der Waals surface area contributed by atoms with Gasteiger partial charge in [-0.15, -0.1) is 20.4 Å². The lowest BCUT2D eigenvalue weighted by Gasteiger charge is -2.17. The molecule has 0 bridgehead atoms. The summed E-state index contributed by atoms with van der Waals surface area (Å²) >= 11 is 1.49.